The summed E-state index contributed by atoms with van der Waals surface area (Å²) in [7, 11) is 1.42. The van der Waals surface area contributed by atoms with E-state index in [9.17, 15) is 34.0 Å². The number of urea groups is 1. The zero-order valence-electron chi connectivity index (χ0n) is 53.8. The molecular formula is C69H89N8O12PS. The number of hydrogen-bond acceptors (Lipinski definition) is 15. The highest BCUT2D eigenvalue weighted by molar-refractivity contribution is 8.00. The van der Waals surface area contributed by atoms with Gasteiger partial charge in [0, 0.05) is 66.9 Å². The largest absolute Gasteiger partial charge is 0.497 e. The van der Waals surface area contributed by atoms with E-state index in [0.29, 0.717) is 48.7 Å². The zero-order valence-corrected chi connectivity index (χ0v) is 55.5. The number of aromatic amines is 1. The molecule has 4 aromatic carbocycles. The standard InChI is InChI=1S/C69H89N8O12PS/c1-46(2)77(47(3)4)90(87-41-19-38-70)89-57-42-62(88-58(57)44-86-69(51-20-13-12-14-21-51,52-29-33-54(84-8)34-30-52)53-31-35-55(85-9)36-32-53)75-43-49(64(80)74-66(75)82)26-37-61(79)72-40-18-11-10-17-39-71-60(78)23-16-15-22-59-63-56(45-91-59)76(67(83)73-63)65(81)48-24-27-50(28-25-48)68(5,6)7/h12-14,20-21,24-37,43,46-47,56-59,62-63H,10-11,15-19,22-23,39-42,44-45H2,1-9H3,(H,71,78)(H,72,79)(H,73,83)(H,74,80,82)/t56-,57-,58+,59-,62+,63-,90?/m0/s1. The number of imide groups is 1. The van der Waals surface area contributed by atoms with E-state index in [1.54, 1.807) is 38.1 Å². The van der Waals surface area contributed by atoms with Gasteiger partial charge in [-0.2, -0.15) is 17.0 Å². The number of amides is 5. The van der Waals surface area contributed by atoms with E-state index in [1.807, 2.05) is 119 Å². The fraction of sp³-hybridized carbons (Fsp3) is 0.493. The molecule has 0 aliphatic carbocycles. The third-order valence-electron chi connectivity index (χ3n) is 16.6. The van der Waals surface area contributed by atoms with Gasteiger partial charge in [0.05, 0.1) is 63.7 Å². The van der Waals surface area contributed by atoms with E-state index in [-0.39, 0.29) is 84.3 Å². The van der Waals surface area contributed by atoms with Crippen molar-refractivity contribution in [1.29, 1.82) is 5.26 Å². The monoisotopic (exact) mass is 1280 g/mol. The first-order chi connectivity index (χ1) is 43.7. The maximum Gasteiger partial charge on any atom is 0.330 e. The molecule has 3 fully saturated rings. The number of nitrogens with one attached hydrogen (secondary N) is 4. The van der Waals surface area contributed by atoms with Crippen LogP contribution in [0.3, 0.4) is 0 Å². The first kappa shape index (κ1) is 69.7. The van der Waals surface area contributed by atoms with Crippen molar-refractivity contribution in [3.05, 3.63) is 170 Å². The molecule has 5 amide bonds. The zero-order chi connectivity index (χ0) is 65.2. The van der Waals surface area contributed by atoms with Crippen LogP contribution in [0.15, 0.2) is 125 Å². The number of unbranched alkanes of at least 4 members (excludes halogenated alkanes) is 4. The number of hydrogen-bond donors (Lipinski definition) is 4. The molecule has 0 bridgehead atoms. The Hall–Kier alpha value is -7.15. The van der Waals surface area contributed by atoms with Crippen molar-refractivity contribution in [3.8, 4) is 17.6 Å². The summed E-state index contributed by atoms with van der Waals surface area (Å²) >= 11 is 1.77. The molecule has 3 saturated heterocycles. The molecule has 4 heterocycles. The van der Waals surface area contributed by atoms with Crippen LogP contribution >= 0.6 is 20.3 Å². The number of carbonyl (C=O) groups excluding carboxylic acids is 4. The molecule has 3 aliphatic heterocycles. The van der Waals surface area contributed by atoms with Crippen molar-refractivity contribution in [2.45, 2.75) is 172 Å². The molecule has 20 nitrogen and oxygen atoms in total. The molecule has 3 aliphatic rings. The molecule has 488 valence electrons. The van der Waals surface area contributed by atoms with Crippen molar-refractivity contribution in [2.24, 2.45) is 0 Å². The first-order valence-electron chi connectivity index (χ1n) is 31.6. The van der Waals surface area contributed by atoms with Crippen molar-refractivity contribution < 1.29 is 47.2 Å². The van der Waals surface area contributed by atoms with Gasteiger partial charge in [-0.25, -0.2) is 14.3 Å². The molecule has 4 N–H and O–H groups in total. The Morgan fingerprint density at radius 2 is 1.43 bits per heavy atom. The van der Waals surface area contributed by atoms with Gasteiger partial charge in [0.2, 0.25) is 11.8 Å². The van der Waals surface area contributed by atoms with E-state index in [2.05, 4.69) is 52.4 Å². The van der Waals surface area contributed by atoms with Crippen LogP contribution in [0, 0.1) is 11.3 Å². The molecule has 22 heteroatoms. The number of nitriles is 1. The fourth-order valence-electron chi connectivity index (χ4n) is 11.9. The average Bonchev–Trinajstić information content (AvgIpc) is 1.50. The Balaban J connectivity index is 0.839. The van der Waals surface area contributed by atoms with Crippen LogP contribution < -0.4 is 36.7 Å². The second-order valence-corrected chi connectivity index (χ2v) is 27.4. The maximum atomic E-state index is 13.8. The molecule has 1 unspecified atom stereocenters. The van der Waals surface area contributed by atoms with Crippen LogP contribution in [0.5, 0.6) is 11.5 Å². The second-order valence-electron chi connectivity index (χ2n) is 24.7. The topological polar surface area (TPSA) is 245 Å². The number of nitrogens with zero attached hydrogens (tertiary/aromatic N) is 4. The summed E-state index contributed by atoms with van der Waals surface area (Å²) < 4.78 is 42.1. The number of thioether (sulfide) groups is 1. The summed E-state index contributed by atoms with van der Waals surface area (Å²) in [6, 6.07) is 34.2. The minimum absolute atomic E-state index is 0.00176. The van der Waals surface area contributed by atoms with Crippen LogP contribution in [0.1, 0.15) is 157 Å². The lowest BCUT2D eigenvalue weighted by molar-refractivity contribution is -0.121. The molecule has 1 aromatic heterocycles. The molecular weight excluding hydrogens is 1200 g/mol. The first-order valence-corrected chi connectivity index (χ1v) is 33.8. The SMILES string of the molecule is COc1ccc(C(OC[C@H]2O[C@@H](n3cc(C=CC(=O)NCCCCCCNC(=O)CCCC[C@@H]4SC[C@H]5[C@@H]4NC(=O)N5C(=O)c4ccc(C(C)(C)C)cc4)c(=O)[nH]c3=O)C[C@@H]2OP(OCCC#N)N(C(C)C)C(C)C)(c2ccccc2)c2ccc(OC)cc2)cc1. The summed E-state index contributed by atoms with van der Waals surface area (Å²) in [5, 5.41) is 18.6. The van der Waals surface area contributed by atoms with Gasteiger partial charge in [-0.05, 0) is 124 Å². The van der Waals surface area contributed by atoms with Crippen molar-refractivity contribution in [1.82, 2.24) is 35.1 Å². The number of rotatable bonds is 32. The van der Waals surface area contributed by atoms with E-state index >= 15 is 0 Å². The number of ether oxygens (including phenoxy) is 4. The molecule has 7 atom stereocenters. The van der Waals surface area contributed by atoms with Gasteiger partial charge < -0.3 is 43.9 Å². The number of methoxy groups -OCH3 is 2. The van der Waals surface area contributed by atoms with Gasteiger partial charge in [0.15, 0.2) is 0 Å². The van der Waals surface area contributed by atoms with E-state index in [4.69, 9.17) is 28.0 Å². The van der Waals surface area contributed by atoms with Crippen LogP contribution in [0.25, 0.3) is 6.08 Å². The summed E-state index contributed by atoms with van der Waals surface area (Å²) in [4.78, 5) is 83.3. The lowest BCUT2D eigenvalue weighted by Crippen LogP contribution is -2.41. The predicted octanol–water partition coefficient (Wildman–Crippen LogP) is 10.9. The number of benzene rings is 4. The smallest absolute Gasteiger partial charge is 0.330 e. The molecule has 91 heavy (non-hydrogen) atoms. The lowest BCUT2D eigenvalue weighted by Gasteiger charge is -2.39. The van der Waals surface area contributed by atoms with Gasteiger partial charge in [-0.15, -0.1) is 0 Å². The quantitative estimate of drug-likeness (QED) is 0.0103. The number of H-pyrrole nitrogens is 1. The van der Waals surface area contributed by atoms with Crippen LogP contribution in [-0.4, -0.2) is 131 Å². The van der Waals surface area contributed by atoms with E-state index < -0.39 is 49.7 Å². The fourth-order valence-corrected chi connectivity index (χ4v) is 15.2. The Labute approximate surface area is 540 Å². The average molecular weight is 1290 g/mol. The Kier molecular flexibility index (Phi) is 25.2. The second kappa shape index (κ2) is 32.9. The van der Waals surface area contributed by atoms with E-state index in [0.717, 1.165) is 60.8 Å². The van der Waals surface area contributed by atoms with Gasteiger partial charge in [0.25, 0.3) is 20.0 Å². The van der Waals surface area contributed by atoms with Gasteiger partial charge in [0.1, 0.15) is 29.4 Å². The van der Waals surface area contributed by atoms with Gasteiger partial charge in [-0.1, -0.05) is 107 Å². The molecule has 8 rings (SSSR count). The van der Waals surface area contributed by atoms with Crippen molar-refractivity contribution >= 4 is 50.1 Å². The van der Waals surface area contributed by atoms with Crippen molar-refractivity contribution in [2.75, 3.05) is 46.3 Å². The lowest BCUT2D eigenvalue weighted by atomic mass is 9.80. The summed E-state index contributed by atoms with van der Waals surface area (Å²) in [5.41, 5.74) is 1.42. The highest BCUT2D eigenvalue weighted by Gasteiger charge is 2.51. The number of carbonyl (C=O) groups is 4. The summed E-state index contributed by atoms with van der Waals surface area (Å²) in [6.07, 6.45) is 7.71. The minimum atomic E-state index is -1.79. The van der Waals surface area contributed by atoms with Gasteiger partial charge >= 0.3 is 11.7 Å². The Morgan fingerprint density at radius 3 is 2.03 bits per heavy atom. The highest BCUT2D eigenvalue weighted by Crippen LogP contribution is 2.51. The Bertz CT molecular complexity index is 3350. The molecule has 0 saturated carbocycles. The van der Waals surface area contributed by atoms with Crippen molar-refractivity contribution in [3.63, 3.8) is 0 Å². The van der Waals surface area contributed by atoms with Crippen LogP contribution in [-0.2, 0) is 39.1 Å². The predicted molar refractivity (Wildman–Crippen MR) is 354 cm³/mol. The third-order valence-corrected chi connectivity index (χ3v) is 20.3. The number of fused-ring (bicyclic) bond motifs is 1. The minimum Gasteiger partial charge on any atom is -0.497 e. The number of aromatic nitrogens is 2. The molecule has 5 aromatic rings. The highest BCUT2D eigenvalue weighted by atomic mass is 32.2. The third kappa shape index (κ3) is 17.9. The molecule has 0 radical (unpaired) electrons. The van der Waals surface area contributed by atoms with Gasteiger partial charge in [-0.3, -0.25) is 33.6 Å². The maximum absolute atomic E-state index is 13.8. The summed E-state index contributed by atoms with van der Waals surface area (Å²) in [5.74, 6) is 1.32. The summed E-state index contributed by atoms with van der Waals surface area (Å²) in [6.45, 7) is 15.6. The normalized spacial score (nSPS) is 19.4. The Morgan fingerprint density at radius 1 is 0.813 bits per heavy atom. The molecule has 0 spiro atoms. The van der Waals surface area contributed by atoms with Crippen LogP contribution in [0.2, 0.25) is 0 Å². The van der Waals surface area contributed by atoms with E-state index in [1.165, 1.54) is 27.8 Å². The van der Waals surface area contributed by atoms with Crippen LogP contribution in [0.4, 0.5) is 4.79 Å².